The Hall–Kier alpha value is -4.76. The number of hydrogen-bond donors (Lipinski definition) is 2. The van der Waals surface area contributed by atoms with E-state index in [2.05, 4.69) is 64.2 Å². The lowest BCUT2D eigenvalue weighted by molar-refractivity contribution is -0.127. The zero-order valence-corrected chi connectivity index (χ0v) is 32.7. The van der Waals surface area contributed by atoms with Gasteiger partial charge in [-0.2, -0.15) is 5.26 Å². The Morgan fingerprint density at radius 2 is 1.80 bits per heavy atom. The number of piperidine rings is 2. The van der Waals surface area contributed by atoms with E-state index in [0.29, 0.717) is 49.8 Å². The average molecular weight is 771 g/mol. The van der Waals surface area contributed by atoms with Gasteiger partial charge in [0.05, 0.1) is 45.1 Å². The van der Waals surface area contributed by atoms with Gasteiger partial charge in [0, 0.05) is 60.2 Å². The number of carbonyl (C=O) groups is 1. The summed E-state index contributed by atoms with van der Waals surface area (Å²) in [5.41, 5.74) is 4.38. The van der Waals surface area contributed by atoms with E-state index in [1.165, 1.54) is 24.4 Å². The number of halogens is 3. The molecule has 13 heteroatoms. The number of rotatable bonds is 10. The number of carbonyl (C=O) groups excluding carboxylic acids is 1. The molecule has 0 spiro atoms. The molecule has 2 aromatic carbocycles. The number of amides is 1. The molecule has 0 radical (unpaired) electrons. The first-order valence-electron chi connectivity index (χ1n) is 18.3. The van der Waals surface area contributed by atoms with Crippen molar-refractivity contribution in [2.75, 3.05) is 36.8 Å². The van der Waals surface area contributed by atoms with Crippen LogP contribution in [0.5, 0.6) is 0 Å². The van der Waals surface area contributed by atoms with Crippen LogP contribution in [0.1, 0.15) is 83.1 Å². The number of pyridine rings is 1. The van der Waals surface area contributed by atoms with Crippen molar-refractivity contribution < 1.29 is 9.18 Å². The van der Waals surface area contributed by atoms with E-state index >= 15 is 0 Å². The molecular weight excluding hydrogens is 724 g/mol. The molecule has 4 heterocycles. The molecule has 6 rings (SSSR count). The minimum Gasteiger partial charge on any atom is -0.373 e. The summed E-state index contributed by atoms with van der Waals surface area (Å²) in [5.74, 6) is -0.507. The van der Waals surface area contributed by atoms with Gasteiger partial charge in [-0.25, -0.2) is 9.07 Å². The highest BCUT2D eigenvalue weighted by molar-refractivity contribution is 6.36. The Labute approximate surface area is 326 Å². The van der Waals surface area contributed by atoms with Crippen molar-refractivity contribution in [3.8, 4) is 6.07 Å². The summed E-state index contributed by atoms with van der Waals surface area (Å²) in [5, 5.41) is 26.9. The number of likely N-dealkylation sites (tertiary alicyclic amines) is 2. The average Bonchev–Trinajstić information content (AvgIpc) is 3.65. The molecule has 1 atom stereocenters. The van der Waals surface area contributed by atoms with Crippen LogP contribution in [0.2, 0.25) is 10.0 Å². The van der Waals surface area contributed by atoms with Crippen LogP contribution in [-0.4, -0.2) is 67.4 Å². The van der Waals surface area contributed by atoms with Crippen LogP contribution < -0.4 is 10.6 Å². The standard InChI is InChI=1S/C41H46Cl2FN9O/c1-26(10-9-11-27(2)40(54)51-16-7-6-8-17-51)37(36-25-53(50-49-36)31-14-18-52(19-15-31)41(3,4)5)48-30-20-32-38(47-29-12-13-35(44)33(42)21-29)28(23-45)24-46-39(32)34(43)22-30/h9-13,20-22,24-25,31,37,48H,1,6-8,14-19H2,2-5H3,(H,46,47)/b10-9-,27-11+/t37-/m0/s1. The summed E-state index contributed by atoms with van der Waals surface area (Å²) in [6.07, 6.45) is 14.1. The molecule has 282 valence electrons. The van der Waals surface area contributed by atoms with Gasteiger partial charge >= 0.3 is 0 Å². The van der Waals surface area contributed by atoms with Crippen molar-refractivity contribution in [3.63, 3.8) is 0 Å². The predicted molar refractivity (Wildman–Crippen MR) is 215 cm³/mol. The quantitative estimate of drug-likeness (QED) is 0.121. The maximum Gasteiger partial charge on any atom is 0.249 e. The lowest BCUT2D eigenvalue weighted by Gasteiger charge is -2.40. The maximum absolute atomic E-state index is 14.0. The van der Waals surface area contributed by atoms with E-state index < -0.39 is 11.9 Å². The topological polar surface area (TPSA) is 115 Å². The zero-order valence-electron chi connectivity index (χ0n) is 31.2. The number of anilines is 3. The molecule has 2 saturated heterocycles. The SMILES string of the molecule is C=C(/C=C\C=C(/C)C(=O)N1CCCCC1)[C@H](Nc1cc(Cl)c2ncc(C#N)c(Nc3ccc(F)c(Cl)c3)c2c1)c1cn(C2CCN(C(C)(C)C)CC2)nn1. The molecule has 1 amide bonds. The lowest BCUT2D eigenvalue weighted by Crippen LogP contribution is -2.46. The summed E-state index contributed by atoms with van der Waals surface area (Å²) in [6, 6.07) is 9.71. The molecule has 2 aromatic heterocycles. The maximum atomic E-state index is 14.0. The summed E-state index contributed by atoms with van der Waals surface area (Å²) in [6.45, 7) is 16.5. The predicted octanol–water partition coefficient (Wildman–Crippen LogP) is 9.55. The first-order chi connectivity index (χ1) is 25.8. The van der Waals surface area contributed by atoms with Gasteiger partial charge in [0.15, 0.2) is 0 Å². The van der Waals surface area contributed by atoms with E-state index in [1.807, 2.05) is 47.0 Å². The molecule has 2 aliphatic heterocycles. The van der Waals surface area contributed by atoms with Crippen molar-refractivity contribution in [2.24, 2.45) is 0 Å². The van der Waals surface area contributed by atoms with Crippen LogP contribution in [0.25, 0.3) is 10.9 Å². The highest BCUT2D eigenvalue weighted by Crippen LogP contribution is 2.37. The Bertz CT molecular complexity index is 2130. The van der Waals surface area contributed by atoms with Crippen molar-refractivity contribution >= 4 is 57.1 Å². The Kier molecular flexibility index (Phi) is 12.1. The number of nitrogens with one attached hydrogen (secondary N) is 2. The van der Waals surface area contributed by atoms with Crippen LogP contribution in [0, 0.1) is 17.1 Å². The highest BCUT2D eigenvalue weighted by atomic mass is 35.5. The molecule has 2 aliphatic rings. The molecule has 10 nitrogen and oxygen atoms in total. The Morgan fingerprint density at radius 1 is 1.07 bits per heavy atom. The zero-order chi connectivity index (χ0) is 38.6. The second-order valence-electron chi connectivity index (χ2n) is 15.0. The number of nitrogens with zero attached hydrogens (tertiary/aromatic N) is 7. The van der Waals surface area contributed by atoms with Crippen molar-refractivity contribution in [1.29, 1.82) is 5.26 Å². The van der Waals surface area contributed by atoms with Gasteiger partial charge in [-0.05, 0) is 95.7 Å². The van der Waals surface area contributed by atoms with Crippen LogP contribution in [0.4, 0.5) is 21.5 Å². The van der Waals surface area contributed by atoms with Gasteiger partial charge in [0.1, 0.15) is 17.6 Å². The molecule has 0 saturated carbocycles. The molecule has 54 heavy (non-hydrogen) atoms. The number of nitriles is 1. The van der Waals surface area contributed by atoms with E-state index in [9.17, 15) is 14.4 Å². The monoisotopic (exact) mass is 769 g/mol. The Morgan fingerprint density at radius 3 is 2.48 bits per heavy atom. The summed E-state index contributed by atoms with van der Waals surface area (Å²) in [7, 11) is 0. The molecular formula is C41H46Cl2FN9O. The molecule has 4 aromatic rings. The minimum atomic E-state index is -0.552. The lowest BCUT2D eigenvalue weighted by atomic mass is 9.98. The van der Waals surface area contributed by atoms with Crippen molar-refractivity contribution in [1.82, 2.24) is 29.8 Å². The van der Waals surface area contributed by atoms with Gasteiger partial charge in [0.25, 0.3) is 0 Å². The first-order valence-corrected chi connectivity index (χ1v) is 19.1. The molecule has 2 N–H and O–H groups in total. The fourth-order valence-corrected chi connectivity index (χ4v) is 7.48. The third-order valence-corrected chi connectivity index (χ3v) is 10.7. The third-order valence-electron chi connectivity index (χ3n) is 10.2. The van der Waals surface area contributed by atoms with Gasteiger partial charge in [-0.3, -0.25) is 14.7 Å². The smallest absolute Gasteiger partial charge is 0.249 e. The van der Waals surface area contributed by atoms with Crippen LogP contribution in [-0.2, 0) is 4.79 Å². The second-order valence-corrected chi connectivity index (χ2v) is 15.8. The summed E-state index contributed by atoms with van der Waals surface area (Å²) < 4.78 is 15.9. The van der Waals surface area contributed by atoms with Crippen LogP contribution >= 0.6 is 23.2 Å². The van der Waals surface area contributed by atoms with Gasteiger partial charge in [-0.1, -0.05) is 53.2 Å². The van der Waals surface area contributed by atoms with Gasteiger partial charge in [-0.15, -0.1) is 5.10 Å². The first kappa shape index (κ1) is 38.9. The molecule has 0 aliphatic carbocycles. The molecule has 0 unspecified atom stereocenters. The van der Waals surface area contributed by atoms with E-state index in [4.69, 9.17) is 23.2 Å². The van der Waals surface area contributed by atoms with Crippen LogP contribution in [0.3, 0.4) is 0 Å². The van der Waals surface area contributed by atoms with E-state index in [-0.39, 0.29) is 28.1 Å². The van der Waals surface area contributed by atoms with E-state index in [1.54, 1.807) is 6.07 Å². The summed E-state index contributed by atoms with van der Waals surface area (Å²) >= 11 is 12.9. The minimum absolute atomic E-state index is 0.0450. The third kappa shape index (κ3) is 8.95. The number of allylic oxidation sites excluding steroid dienone is 2. The van der Waals surface area contributed by atoms with Gasteiger partial charge in [0.2, 0.25) is 5.91 Å². The number of benzene rings is 2. The van der Waals surface area contributed by atoms with Crippen molar-refractivity contribution in [3.05, 3.63) is 106 Å². The fourth-order valence-electron chi connectivity index (χ4n) is 7.04. The molecule has 0 bridgehead atoms. The Balaban J connectivity index is 1.32. The number of fused-ring (bicyclic) bond motifs is 1. The normalized spacial score (nSPS) is 16.8. The van der Waals surface area contributed by atoms with E-state index in [0.717, 1.165) is 58.3 Å². The molecule has 2 fully saturated rings. The van der Waals surface area contributed by atoms with Crippen molar-refractivity contribution in [2.45, 2.75) is 77.4 Å². The van der Waals surface area contributed by atoms with Crippen LogP contribution in [0.15, 0.2) is 78.7 Å². The largest absolute Gasteiger partial charge is 0.373 e. The van der Waals surface area contributed by atoms with Gasteiger partial charge < -0.3 is 15.5 Å². The highest BCUT2D eigenvalue weighted by Gasteiger charge is 2.29. The number of aromatic nitrogens is 4. The fraction of sp³-hybridized carbons (Fsp3) is 0.390. The summed E-state index contributed by atoms with van der Waals surface area (Å²) in [4.78, 5) is 21.9. The number of hydrogen-bond acceptors (Lipinski definition) is 8. The second kappa shape index (κ2) is 16.7.